The number of carbonyl (C=O) groups excluding carboxylic acids is 1. The quantitative estimate of drug-likeness (QED) is 0.766. The van der Waals surface area contributed by atoms with Crippen LogP contribution >= 0.6 is 0 Å². The van der Waals surface area contributed by atoms with Crippen LogP contribution in [0.3, 0.4) is 0 Å². The number of hydrogen-bond donors (Lipinski definition) is 2. The third kappa shape index (κ3) is 4.47. The summed E-state index contributed by atoms with van der Waals surface area (Å²) in [6.07, 6.45) is 6.48. The van der Waals surface area contributed by atoms with Crippen molar-refractivity contribution in [2.45, 2.75) is 32.2 Å². The summed E-state index contributed by atoms with van der Waals surface area (Å²) in [6, 6.07) is 6.43. The molecule has 1 aromatic rings. The second-order valence-corrected chi connectivity index (χ2v) is 4.22. The molecule has 0 fully saturated rings. The SMILES string of the molecule is C#CCC(CC)NC(=O)Cc1ccccc1C(=O)O. The lowest BCUT2D eigenvalue weighted by atomic mass is 10.0. The third-order valence-corrected chi connectivity index (χ3v) is 2.82. The molecule has 1 atom stereocenters. The van der Waals surface area contributed by atoms with Crippen molar-refractivity contribution in [1.29, 1.82) is 0 Å². The number of benzene rings is 1. The number of hydrogen-bond acceptors (Lipinski definition) is 2. The van der Waals surface area contributed by atoms with Crippen molar-refractivity contribution >= 4 is 11.9 Å². The van der Waals surface area contributed by atoms with Gasteiger partial charge in [0.2, 0.25) is 5.91 Å². The average molecular weight is 259 g/mol. The molecule has 0 heterocycles. The summed E-state index contributed by atoms with van der Waals surface area (Å²) in [6.45, 7) is 1.94. The zero-order valence-corrected chi connectivity index (χ0v) is 10.8. The Labute approximate surface area is 112 Å². The van der Waals surface area contributed by atoms with Gasteiger partial charge in [0.25, 0.3) is 0 Å². The Morgan fingerprint density at radius 1 is 1.42 bits per heavy atom. The zero-order valence-electron chi connectivity index (χ0n) is 10.8. The van der Waals surface area contributed by atoms with E-state index in [1.165, 1.54) is 6.07 Å². The average Bonchev–Trinajstić information content (AvgIpc) is 2.38. The van der Waals surface area contributed by atoms with Crippen LogP contribution in [0.15, 0.2) is 24.3 Å². The fourth-order valence-corrected chi connectivity index (χ4v) is 1.77. The van der Waals surface area contributed by atoms with Gasteiger partial charge in [0, 0.05) is 12.5 Å². The van der Waals surface area contributed by atoms with Gasteiger partial charge in [0.15, 0.2) is 0 Å². The van der Waals surface area contributed by atoms with Gasteiger partial charge in [0.1, 0.15) is 0 Å². The van der Waals surface area contributed by atoms with Gasteiger partial charge in [-0.3, -0.25) is 4.79 Å². The molecule has 1 aromatic carbocycles. The predicted octanol–water partition coefficient (Wildman–Crippen LogP) is 1.85. The molecule has 0 aromatic heterocycles. The van der Waals surface area contributed by atoms with Crippen LogP contribution in [-0.4, -0.2) is 23.0 Å². The number of aromatic carboxylic acids is 1. The van der Waals surface area contributed by atoms with Crippen LogP contribution in [0, 0.1) is 12.3 Å². The predicted molar refractivity (Wildman–Crippen MR) is 72.8 cm³/mol. The second kappa shape index (κ2) is 7.22. The van der Waals surface area contributed by atoms with Crippen LogP contribution in [0.25, 0.3) is 0 Å². The first-order valence-corrected chi connectivity index (χ1v) is 6.12. The van der Waals surface area contributed by atoms with Crippen LogP contribution in [-0.2, 0) is 11.2 Å². The number of carbonyl (C=O) groups is 2. The molecule has 0 saturated heterocycles. The summed E-state index contributed by atoms with van der Waals surface area (Å²) < 4.78 is 0. The monoisotopic (exact) mass is 259 g/mol. The standard InChI is InChI=1S/C15H17NO3/c1-3-7-12(4-2)16-14(17)10-11-8-5-6-9-13(11)15(18)19/h1,5-6,8-9,12H,4,7,10H2,2H3,(H,16,17)(H,18,19). The van der Waals surface area contributed by atoms with Crippen molar-refractivity contribution in [3.8, 4) is 12.3 Å². The van der Waals surface area contributed by atoms with Crippen molar-refractivity contribution in [3.05, 3.63) is 35.4 Å². The first kappa shape index (κ1) is 14.8. The zero-order chi connectivity index (χ0) is 14.3. The van der Waals surface area contributed by atoms with Gasteiger partial charge in [-0.05, 0) is 18.1 Å². The minimum absolute atomic E-state index is 0.0452. The minimum Gasteiger partial charge on any atom is -0.478 e. The van der Waals surface area contributed by atoms with Gasteiger partial charge in [-0.2, -0.15) is 0 Å². The Hall–Kier alpha value is -2.28. The van der Waals surface area contributed by atoms with E-state index in [9.17, 15) is 9.59 Å². The summed E-state index contributed by atoms with van der Waals surface area (Å²) in [5.74, 6) is 1.27. The van der Waals surface area contributed by atoms with Crippen LogP contribution in [0.2, 0.25) is 0 Å². The Morgan fingerprint density at radius 3 is 2.68 bits per heavy atom. The summed E-state index contributed by atoms with van der Waals surface area (Å²) in [7, 11) is 0. The van der Waals surface area contributed by atoms with E-state index >= 15 is 0 Å². The van der Waals surface area contributed by atoms with E-state index in [4.69, 9.17) is 11.5 Å². The van der Waals surface area contributed by atoms with Gasteiger partial charge in [0.05, 0.1) is 12.0 Å². The first-order valence-electron chi connectivity index (χ1n) is 6.12. The molecule has 100 valence electrons. The second-order valence-electron chi connectivity index (χ2n) is 4.22. The summed E-state index contributed by atoms with van der Waals surface area (Å²) in [5.41, 5.74) is 0.658. The maximum Gasteiger partial charge on any atom is 0.335 e. The summed E-state index contributed by atoms with van der Waals surface area (Å²) >= 11 is 0. The number of rotatable bonds is 6. The molecule has 0 spiro atoms. The Kier molecular flexibility index (Phi) is 5.62. The molecule has 0 aliphatic rings. The van der Waals surface area contributed by atoms with E-state index < -0.39 is 5.97 Å². The molecule has 0 aliphatic heterocycles. The van der Waals surface area contributed by atoms with Crippen LogP contribution in [0.4, 0.5) is 0 Å². The highest BCUT2D eigenvalue weighted by Gasteiger charge is 2.14. The number of carboxylic acid groups (broad SMARTS) is 1. The molecule has 19 heavy (non-hydrogen) atoms. The molecule has 0 aliphatic carbocycles. The van der Waals surface area contributed by atoms with Crippen molar-refractivity contribution in [1.82, 2.24) is 5.32 Å². The van der Waals surface area contributed by atoms with Crippen LogP contribution in [0.1, 0.15) is 35.7 Å². The lowest BCUT2D eigenvalue weighted by Gasteiger charge is -2.14. The van der Waals surface area contributed by atoms with E-state index in [-0.39, 0.29) is 23.9 Å². The summed E-state index contributed by atoms with van der Waals surface area (Å²) in [4.78, 5) is 22.9. The van der Waals surface area contributed by atoms with Gasteiger partial charge < -0.3 is 10.4 Å². The minimum atomic E-state index is -1.03. The van der Waals surface area contributed by atoms with Gasteiger partial charge in [-0.25, -0.2) is 4.79 Å². The first-order chi connectivity index (χ1) is 9.08. The molecule has 4 heteroatoms. The van der Waals surface area contributed by atoms with Gasteiger partial charge in [-0.1, -0.05) is 25.1 Å². The molecular formula is C15H17NO3. The normalized spacial score (nSPS) is 11.4. The highest BCUT2D eigenvalue weighted by atomic mass is 16.4. The van der Waals surface area contributed by atoms with Crippen molar-refractivity contribution in [2.75, 3.05) is 0 Å². The fraction of sp³-hybridized carbons (Fsp3) is 0.333. The molecule has 1 rings (SSSR count). The Morgan fingerprint density at radius 2 is 2.11 bits per heavy atom. The fourth-order valence-electron chi connectivity index (χ4n) is 1.77. The lowest BCUT2D eigenvalue weighted by Crippen LogP contribution is -2.35. The van der Waals surface area contributed by atoms with E-state index in [0.29, 0.717) is 12.0 Å². The van der Waals surface area contributed by atoms with E-state index in [1.807, 2.05) is 6.92 Å². The number of amides is 1. The highest BCUT2D eigenvalue weighted by Crippen LogP contribution is 2.10. The molecular weight excluding hydrogens is 242 g/mol. The van der Waals surface area contributed by atoms with Crippen LogP contribution < -0.4 is 5.32 Å². The smallest absolute Gasteiger partial charge is 0.335 e. The number of terminal acetylenes is 1. The largest absolute Gasteiger partial charge is 0.478 e. The van der Waals surface area contributed by atoms with E-state index in [1.54, 1.807) is 18.2 Å². The van der Waals surface area contributed by atoms with Gasteiger partial charge in [-0.15, -0.1) is 12.3 Å². The van der Waals surface area contributed by atoms with E-state index in [2.05, 4.69) is 11.2 Å². The Bertz CT molecular complexity index is 502. The maximum atomic E-state index is 11.9. The van der Waals surface area contributed by atoms with Crippen molar-refractivity contribution in [3.63, 3.8) is 0 Å². The molecule has 1 amide bonds. The summed E-state index contributed by atoms with van der Waals surface area (Å²) in [5, 5.41) is 11.8. The van der Waals surface area contributed by atoms with Crippen LogP contribution in [0.5, 0.6) is 0 Å². The molecule has 0 radical (unpaired) electrons. The maximum absolute atomic E-state index is 11.9. The third-order valence-electron chi connectivity index (χ3n) is 2.82. The topological polar surface area (TPSA) is 66.4 Å². The molecule has 4 nitrogen and oxygen atoms in total. The molecule has 0 bridgehead atoms. The van der Waals surface area contributed by atoms with Gasteiger partial charge >= 0.3 is 5.97 Å². The van der Waals surface area contributed by atoms with E-state index in [0.717, 1.165) is 6.42 Å². The molecule has 1 unspecified atom stereocenters. The van der Waals surface area contributed by atoms with Crippen molar-refractivity contribution in [2.24, 2.45) is 0 Å². The Balaban J connectivity index is 2.72. The highest BCUT2D eigenvalue weighted by molar-refractivity contribution is 5.91. The molecule has 0 saturated carbocycles. The van der Waals surface area contributed by atoms with Crippen molar-refractivity contribution < 1.29 is 14.7 Å². The lowest BCUT2D eigenvalue weighted by molar-refractivity contribution is -0.121. The molecule has 2 N–H and O–H groups in total. The number of carboxylic acids is 1. The number of nitrogens with one attached hydrogen (secondary N) is 1.